The average molecular weight is 273 g/mol. The highest BCUT2D eigenvalue weighted by Gasteiger charge is 2.12. The van der Waals surface area contributed by atoms with Gasteiger partial charge in [0.15, 0.2) is 10.8 Å². The van der Waals surface area contributed by atoms with Gasteiger partial charge in [0, 0.05) is 11.9 Å². The van der Waals surface area contributed by atoms with E-state index in [-0.39, 0.29) is 0 Å². The Balaban J connectivity index is 1.95. The summed E-state index contributed by atoms with van der Waals surface area (Å²) in [5, 5.41) is 14.3. The van der Waals surface area contributed by atoms with E-state index in [1.165, 1.54) is 11.3 Å². The van der Waals surface area contributed by atoms with Gasteiger partial charge in [0.05, 0.1) is 0 Å². The summed E-state index contributed by atoms with van der Waals surface area (Å²) >= 11 is 1.52. The second kappa shape index (κ2) is 5.01. The maximum atomic E-state index is 5.88. The maximum Gasteiger partial charge on any atom is 0.206 e. The predicted molar refractivity (Wildman–Crippen MR) is 78.6 cm³/mol. The molecule has 0 aliphatic heterocycles. The molecule has 5 heteroatoms. The lowest BCUT2D eigenvalue weighted by Gasteiger charge is -1.95. The van der Waals surface area contributed by atoms with Crippen molar-refractivity contribution in [1.82, 2.24) is 10.2 Å². The lowest BCUT2D eigenvalue weighted by atomic mass is 10.2. The Labute approximate surface area is 115 Å². The number of nitrogens with zero attached hydrogens (tertiary/aromatic N) is 2. The fraction of sp³-hybridized carbons (Fsp3) is 0.286. The van der Waals surface area contributed by atoms with Crippen molar-refractivity contribution < 1.29 is 4.42 Å². The van der Waals surface area contributed by atoms with Crippen molar-refractivity contribution in [2.45, 2.75) is 20.3 Å². The molecule has 2 heterocycles. The zero-order valence-corrected chi connectivity index (χ0v) is 11.8. The summed E-state index contributed by atoms with van der Waals surface area (Å²) in [5.74, 6) is 0.784. The zero-order valence-electron chi connectivity index (χ0n) is 10.9. The van der Waals surface area contributed by atoms with Crippen LogP contribution in [0.25, 0.3) is 21.7 Å². The van der Waals surface area contributed by atoms with Crippen LogP contribution in [0, 0.1) is 6.92 Å². The molecule has 1 aromatic carbocycles. The van der Waals surface area contributed by atoms with E-state index in [1.807, 2.05) is 31.2 Å². The summed E-state index contributed by atoms with van der Waals surface area (Å²) in [6.45, 7) is 5.08. The van der Waals surface area contributed by atoms with Crippen molar-refractivity contribution in [3.8, 4) is 10.8 Å². The first-order chi connectivity index (χ1) is 9.28. The Morgan fingerprint density at radius 3 is 3.00 bits per heavy atom. The molecule has 0 fully saturated rings. The Hall–Kier alpha value is -1.88. The Morgan fingerprint density at radius 1 is 1.32 bits per heavy atom. The summed E-state index contributed by atoms with van der Waals surface area (Å²) in [6, 6.07) is 8.15. The van der Waals surface area contributed by atoms with Crippen LogP contribution in [0.1, 0.15) is 18.9 Å². The zero-order chi connectivity index (χ0) is 13.2. The first-order valence-electron chi connectivity index (χ1n) is 6.35. The fourth-order valence-electron chi connectivity index (χ4n) is 1.94. The van der Waals surface area contributed by atoms with E-state index in [0.717, 1.165) is 45.4 Å². The van der Waals surface area contributed by atoms with Crippen molar-refractivity contribution in [3.05, 3.63) is 29.8 Å². The quantitative estimate of drug-likeness (QED) is 0.778. The van der Waals surface area contributed by atoms with Gasteiger partial charge in [0.2, 0.25) is 5.13 Å². The molecule has 0 saturated heterocycles. The molecule has 1 N–H and O–H groups in total. The fourth-order valence-corrected chi connectivity index (χ4v) is 2.66. The highest BCUT2D eigenvalue weighted by Crippen LogP contribution is 2.32. The molecule has 98 valence electrons. The lowest BCUT2D eigenvalue weighted by molar-refractivity contribution is 0.627. The van der Waals surface area contributed by atoms with Crippen LogP contribution in [0.4, 0.5) is 5.13 Å². The Morgan fingerprint density at radius 2 is 2.21 bits per heavy atom. The van der Waals surface area contributed by atoms with Crippen LogP contribution in [0.3, 0.4) is 0 Å². The molecule has 0 spiro atoms. The molecule has 0 radical (unpaired) electrons. The smallest absolute Gasteiger partial charge is 0.206 e. The molecule has 0 unspecified atom stereocenters. The van der Waals surface area contributed by atoms with E-state index in [0.29, 0.717) is 0 Å². The number of fused-ring (bicyclic) bond motifs is 1. The van der Waals surface area contributed by atoms with Gasteiger partial charge in [-0.2, -0.15) is 0 Å². The number of hydrogen-bond acceptors (Lipinski definition) is 5. The minimum Gasteiger partial charge on any atom is -0.453 e. The minimum atomic E-state index is 0.784. The van der Waals surface area contributed by atoms with E-state index < -0.39 is 0 Å². The van der Waals surface area contributed by atoms with Gasteiger partial charge >= 0.3 is 0 Å². The molecule has 3 aromatic rings. The monoisotopic (exact) mass is 273 g/mol. The molecule has 0 bridgehead atoms. The number of hydrogen-bond donors (Lipinski definition) is 1. The first-order valence-corrected chi connectivity index (χ1v) is 7.16. The molecule has 0 amide bonds. The second-order valence-electron chi connectivity index (χ2n) is 4.44. The number of aryl methyl sites for hydroxylation is 1. The van der Waals surface area contributed by atoms with E-state index in [9.17, 15) is 0 Å². The van der Waals surface area contributed by atoms with Crippen LogP contribution in [0.2, 0.25) is 0 Å². The average Bonchev–Trinajstić information content (AvgIpc) is 3.03. The summed E-state index contributed by atoms with van der Waals surface area (Å²) in [4.78, 5) is 0. The number of para-hydroxylation sites is 1. The van der Waals surface area contributed by atoms with Crippen molar-refractivity contribution in [3.63, 3.8) is 0 Å². The number of rotatable bonds is 4. The molecule has 2 aromatic heterocycles. The third-order valence-electron chi connectivity index (χ3n) is 2.90. The van der Waals surface area contributed by atoms with Gasteiger partial charge in [-0.1, -0.05) is 36.5 Å². The molecule has 4 nitrogen and oxygen atoms in total. The van der Waals surface area contributed by atoms with Gasteiger partial charge in [-0.05, 0) is 25.0 Å². The van der Waals surface area contributed by atoms with Crippen molar-refractivity contribution in [2.75, 3.05) is 11.9 Å². The highest BCUT2D eigenvalue weighted by molar-refractivity contribution is 7.18. The van der Waals surface area contributed by atoms with E-state index in [1.54, 1.807) is 0 Å². The SMILES string of the molecule is CCCNc1nnc(-c2cc3cccc(C)c3o2)s1. The summed E-state index contributed by atoms with van der Waals surface area (Å²) < 4.78 is 5.88. The molecule has 0 aliphatic carbocycles. The van der Waals surface area contributed by atoms with Gasteiger partial charge in [0.25, 0.3) is 0 Å². The highest BCUT2D eigenvalue weighted by atomic mass is 32.1. The van der Waals surface area contributed by atoms with E-state index >= 15 is 0 Å². The van der Waals surface area contributed by atoms with Gasteiger partial charge in [0.1, 0.15) is 5.58 Å². The third-order valence-corrected chi connectivity index (χ3v) is 3.80. The minimum absolute atomic E-state index is 0.784. The van der Waals surface area contributed by atoms with Crippen molar-refractivity contribution in [2.24, 2.45) is 0 Å². The van der Waals surface area contributed by atoms with E-state index in [2.05, 4.69) is 22.4 Å². The molecule has 3 rings (SSSR count). The summed E-state index contributed by atoms with van der Waals surface area (Å²) in [7, 11) is 0. The van der Waals surface area contributed by atoms with Crippen LogP contribution in [0.5, 0.6) is 0 Å². The van der Waals surface area contributed by atoms with Crippen LogP contribution < -0.4 is 5.32 Å². The second-order valence-corrected chi connectivity index (χ2v) is 5.42. The normalized spacial score (nSPS) is 11.1. The Bertz CT molecular complexity index is 702. The molecular formula is C14H15N3OS. The van der Waals surface area contributed by atoms with Crippen LogP contribution >= 0.6 is 11.3 Å². The Kier molecular flexibility index (Phi) is 3.21. The van der Waals surface area contributed by atoms with Gasteiger partial charge in [-0.25, -0.2) is 0 Å². The van der Waals surface area contributed by atoms with Gasteiger partial charge in [-0.15, -0.1) is 10.2 Å². The molecule has 0 saturated carbocycles. The number of nitrogens with one attached hydrogen (secondary N) is 1. The largest absolute Gasteiger partial charge is 0.453 e. The molecule has 19 heavy (non-hydrogen) atoms. The topological polar surface area (TPSA) is 51.0 Å². The van der Waals surface area contributed by atoms with Gasteiger partial charge < -0.3 is 9.73 Å². The van der Waals surface area contributed by atoms with Crippen molar-refractivity contribution >= 4 is 27.4 Å². The molecule has 0 atom stereocenters. The number of furan rings is 1. The standard InChI is InChI=1S/C14H15N3OS/c1-3-7-15-14-17-16-13(19-14)11-8-10-6-4-5-9(2)12(10)18-11/h4-6,8H,3,7H2,1-2H3,(H,15,17). The van der Waals surface area contributed by atoms with Crippen LogP contribution in [0.15, 0.2) is 28.7 Å². The summed E-state index contributed by atoms with van der Waals surface area (Å²) in [5.41, 5.74) is 2.06. The van der Waals surface area contributed by atoms with Crippen molar-refractivity contribution in [1.29, 1.82) is 0 Å². The lowest BCUT2D eigenvalue weighted by Crippen LogP contribution is -1.98. The number of anilines is 1. The predicted octanol–water partition coefficient (Wildman–Crippen LogP) is 4.08. The maximum absolute atomic E-state index is 5.88. The molecule has 0 aliphatic rings. The first kappa shape index (κ1) is 12.2. The molecular weight excluding hydrogens is 258 g/mol. The van der Waals surface area contributed by atoms with Crippen LogP contribution in [-0.2, 0) is 0 Å². The van der Waals surface area contributed by atoms with E-state index in [4.69, 9.17) is 4.42 Å². The number of benzene rings is 1. The number of aromatic nitrogens is 2. The summed E-state index contributed by atoms with van der Waals surface area (Å²) in [6.07, 6.45) is 1.07. The van der Waals surface area contributed by atoms with Crippen LogP contribution in [-0.4, -0.2) is 16.7 Å². The third kappa shape index (κ3) is 2.33. The van der Waals surface area contributed by atoms with Gasteiger partial charge in [-0.3, -0.25) is 0 Å².